The third-order valence-corrected chi connectivity index (χ3v) is 3.87. The van der Waals surface area contributed by atoms with Crippen molar-refractivity contribution in [3.63, 3.8) is 0 Å². The Morgan fingerprint density at radius 1 is 1.44 bits per heavy atom. The van der Waals surface area contributed by atoms with Crippen LogP contribution in [-0.2, 0) is 0 Å². The van der Waals surface area contributed by atoms with Gasteiger partial charge >= 0.3 is 0 Å². The number of nitrogens with one attached hydrogen (secondary N) is 1. The van der Waals surface area contributed by atoms with Gasteiger partial charge in [0.25, 0.3) is 0 Å². The third-order valence-electron chi connectivity index (χ3n) is 3.32. The summed E-state index contributed by atoms with van der Waals surface area (Å²) in [6, 6.07) is 1.10. The van der Waals surface area contributed by atoms with E-state index in [0.29, 0.717) is 12.1 Å². The number of halogens is 1. The summed E-state index contributed by atoms with van der Waals surface area (Å²) in [6.45, 7) is 9.18. The van der Waals surface area contributed by atoms with Crippen LogP contribution in [0.15, 0.2) is 6.20 Å². The minimum absolute atomic E-state index is 0.207. The maximum Gasteiger partial charge on any atom is 0.124 e. The number of nitrogens with zero attached hydrogens (tertiary/aromatic N) is 2. The van der Waals surface area contributed by atoms with Crippen molar-refractivity contribution in [2.45, 2.75) is 58.2 Å². The number of aromatic amines is 1. The van der Waals surface area contributed by atoms with Gasteiger partial charge in [-0.25, -0.2) is 4.98 Å². The van der Waals surface area contributed by atoms with Crippen molar-refractivity contribution in [2.24, 2.45) is 0 Å². The van der Waals surface area contributed by atoms with Crippen molar-refractivity contribution in [3.8, 4) is 0 Å². The molecule has 2 atom stereocenters. The van der Waals surface area contributed by atoms with E-state index < -0.39 is 0 Å². The lowest BCUT2D eigenvalue weighted by Gasteiger charge is -2.39. The fourth-order valence-corrected chi connectivity index (χ4v) is 3.28. The first kappa shape index (κ1) is 12.4. The van der Waals surface area contributed by atoms with Crippen LogP contribution in [-0.4, -0.2) is 26.4 Å². The van der Waals surface area contributed by atoms with Crippen LogP contribution in [0, 0.1) is 3.70 Å². The number of H-pyrrole nitrogens is 1. The Labute approximate surface area is 111 Å². The molecule has 0 unspecified atom stereocenters. The van der Waals surface area contributed by atoms with Crippen molar-refractivity contribution >= 4 is 22.6 Å². The van der Waals surface area contributed by atoms with Gasteiger partial charge in [0.15, 0.2) is 0 Å². The smallest absolute Gasteiger partial charge is 0.124 e. The second-order valence-electron chi connectivity index (χ2n) is 5.64. The molecule has 90 valence electrons. The summed E-state index contributed by atoms with van der Waals surface area (Å²) in [6.07, 6.45) is 4.39. The summed E-state index contributed by atoms with van der Waals surface area (Å²) in [4.78, 5) is 10.5. The standard InChI is InChI=1S/C12H20IN3/c1-8-5-6-9(16(8)12(2,3)4)11-14-7-10(13)15-11/h7-9H,5-6H2,1-4H3,(H,14,15)/t8-,9-/m0/s1. The van der Waals surface area contributed by atoms with Gasteiger partial charge in [0.1, 0.15) is 5.82 Å². The number of hydrogen-bond acceptors (Lipinski definition) is 2. The second kappa shape index (κ2) is 4.29. The molecule has 1 aliphatic heterocycles. The topological polar surface area (TPSA) is 31.9 Å². The van der Waals surface area contributed by atoms with E-state index in [1.807, 2.05) is 6.20 Å². The van der Waals surface area contributed by atoms with Crippen LogP contribution in [0.25, 0.3) is 0 Å². The van der Waals surface area contributed by atoms with E-state index in [-0.39, 0.29) is 5.54 Å². The molecule has 1 aliphatic rings. The molecule has 0 radical (unpaired) electrons. The van der Waals surface area contributed by atoms with Crippen LogP contribution >= 0.6 is 22.6 Å². The normalized spacial score (nSPS) is 27.6. The average Bonchev–Trinajstić information content (AvgIpc) is 2.70. The van der Waals surface area contributed by atoms with Crippen LogP contribution in [0.3, 0.4) is 0 Å². The number of rotatable bonds is 1. The van der Waals surface area contributed by atoms with E-state index in [4.69, 9.17) is 0 Å². The number of hydrogen-bond donors (Lipinski definition) is 1. The minimum Gasteiger partial charge on any atom is -0.336 e. The summed E-state index contributed by atoms with van der Waals surface area (Å²) in [7, 11) is 0. The lowest BCUT2D eigenvalue weighted by Crippen LogP contribution is -2.44. The third kappa shape index (κ3) is 2.27. The fourth-order valence-electron chi connectivity index (χ4n) is 2.86. The van der Waals surface area contributed by atoms with Crippen molar-refractivity contribution in [3.05, 3.63) is 15.7 Å². The monoisotopic (exact) mass is 333 g/mol. The first-order valence-electron chi connectivity index (χ1n) is 5.88. The van der Waals surface area contributed by atoms with Gasteiger partial charge in [0, 0.05) is 11.6 Å². The molecule has 0 spiro atoms. The Morgan fingerprint density at radius 2 is 2.12 bits per heavy atom. The molecule has 0 saturated carbocycles. The quantitative estimate of drug-likeness (QED) is 0.800. The van der Waals surface area contributed by atoms with Crippen LogP contribution in [0.1, 0.15) is 52.4 Å². The Morgan fingerprint density at radius 3 is 2.62 bits per heavy atom. The molecule has 0 aromatic carbocycles. The van der Waals surface area contributed by atoms with Gasteiger partial charge in [0.2, 0.25) is 0 Å². The molecule has 1 N–H and O–H groups in total. The van der Waals surface area contributed by atoms with E-state index in [9.17, 15) is 0 Å². The maximum atomic E-state index is 4.49. The molecule has 1 fully saturated rings. The lowest BCUT2D eigenvalue weighted by molar-refractivity contribution is 0.0796. The van der Waals surface area contributed by atoms with Gasteiger partial charge in [0.05, 0.1) is 15.9 Å². The van der Waals surface area contributed by atoms with Gasteiger partial charge in [-0.15, -0.1) is 0 Å². The summed E-state index contributed by atoms with van der Waals surface area (Å²) in [5.41, 5.74) is 0.207. The molecule has 0 bridgehead atoms. The molecule has 2 rings (SSSR count). The molecule has 1 saturated heterocycles. The Bertz CT molecular complexity index is 367. The van der Waals surface area contributed by atoms with Gasteiger partial charge in [-0.2, -0.15) is 0 Å². The molecule has 0 aliphatic carbocycles. The van der Waals surface area contributed by atoms with E-state index in [0.717, 1.165) is 9.53 Å². The zero-order valence-electron chi connectivity index (χ0n) is 10.4. The summed E-state index contributed by atoms with van der Waals surface area (Å²) >= 11 is 2.28. The van der Waals surface area contributed by atoms with Crippen molar-refractivity contribution in [1.82, 2.24) is 14.9 Å². The number of imidazole rings is 1. The molecule has 0 amide bonds. The van der Waals surface area contributed by atoms with Gasteiger partial charge in [-0.1, -0.05) is 0 Å². The zero-order valence-corrected chi connectivity index (χ0v) is 12.6. The molecule has 16 heavy (non-hydrogen) atoms. The summed E-state index contributed by atoms with van der Waals surface area (Å²) in [5.74, 6) is 1.13. The molecule has 2 heterocycles. The van der Waals surface area contributed by atoms with E-state index in [1.54, 1.807) is 0 Å². The average molecular weight is 333 g/mol. The van der Waals surface area contributed by atoms with Crippen molar-refractivity contribution in [1.29, 1.82) is 0 Å². The molecule has 4 heteroatoms. The predicted molar refractivity (Wildman–Crippen MR) is 74.3 cm³/mol. The maximum absolute atomic E-state index is 4.49. The lowest BCUT2D eigenvalue weighted by atomic mass is 10.0. The van der Waals surface area contributed by atoms with Gasteiger partial charge in [-0.05, 0) is 63.1 Å². The minimum atomic E-state index is 0.207. The van der Waals surface area contributed by atoms with Gasteiger partial charge in [-0.3, -0.25) is 4.90 Å². The van der Waals surface area contributed by atoms with E-state index in [2.05, 4.69) is 65.2 Å². The van der Waals surface area contributed by atoms with Crippen LogP contribution in [0.2, 0.25) is 0 Å². The fraction of sp³-hybridized carbons (Fsp3) is 0.750. The van der Waals surface area contributed by atoms with E-state index >= 15 is 0 Å². The van der Waals surface area contributed by atoms with E-state index in [1.165, 1.54) is 12.8 Å². The largest absolute Gasteiger partial charge is 0.336 e. The zero-order chi connectivity index (χ0) is 11.9. The highest BCUT2D eigenvalue weighted by molar-refractivity contribution is 14.1. The highest BCUT2D eigenvalue weighted by Gasteiger charge is 2.39. The molecule has 1 aromatic rings. The highest BCUT2D eigenvalue weighted by Crippen LogP contribution is 2.39. The second-order valence-corrected chi connectivity index (χ2v) is 6.80. The Kier molecular flexibility index (Phi) is 3.32. The molecular weight excluding hydrogens is 313 g/mol. The van der Waals surface area contributed by atoms with Crippen LogP contribution < -0.4 is 0 Å². The van der Waals surface area contributed by atoms with Crippen LogP contribution in [0.4, 0.5) is 0 Å². The molecule has 1 aromatic heterocycles. The van der Waals surface area contributed by atoms with Gasteiger partial charge < -0.3 is 4.98 Å². The summed E-state index contributed by atoms with van der Waals surface area (Å²) < 4.78 is 1.13. The SMILES string of the molecule is C[C@H]1CC[C@@H](c2ncc(I)[nH]2)N1C(C)(C)C. The van der Waals surface area contributed by atoms with Crippen LogP contribution in [0.5, 0.6) is 0 Å². The first-order chi connectivity index (χ1) is 7.39. The molecule has 3 nitrogen and oxygen atoms in total. The highest BCUT2D eigenvalue weighted by atomic mass is 127. The van der Waals surface area contributed by atoms with Crippen molar-refractivity contribution in [2.75, 3.05) is 0 Å². The Hall–Kier alpha value is -0.100. The molecular formula is C12H20IN3. The number of aromatic nitrogens is 2. The van der Waals surface area contributed by atoms with Crippen molar-refractivity contribution < 1.29 is 0 Å². The first-order valence-corrected chi connectivity index (χ1v) is 6.96. The Balaban J connectivity index is 2.28. The summed E-state index contributed by atoms with van der Waals surface area (Å²) in [5, 5.41) is 0. The predicted octanol–water partition coefficient (Wildman–Crippen LogP) is 3.34. The number of likely N-dealkylation sites (tertiary alicyclic amines) is 1.